The summed E-state index contributed by atoms with van der Waals surface area (Å²) in [5.74, 6) is 0.109. The summed E-state index contributed by atoms with van der Waals surface area (Å²) in [5.41, 5.74) is 8.55. The molecule has 2 amide bonds. The zero-order chi connectivity index (χ0) is 28.6. The second kappa shape index (κ2) is 13.3. The van der Waals surface area contributed by atoms with Gasteiger partial charge in [0.1, 0.15) is 11.9 Å². The summed E-state index contributed by atoms with van der Waals surface area (Å²) in [6.07, 6.45) is -0.134. The zero-order valence-electron chi connectivity index (χ0n) is 22.5. The van der Waals surface area contributed by atoms with Gasteiger partial charge in [0.25, 0.3) is 5.91 Å². The van der Waals surface area contributed by atoms with E-state index in [2.05, 4.69) is 10.6 Å². The molecule has 3 rings (SSSR count). The van der Waals surface area contributed by atoms with Crippen molar-refractivity contribution in [1.29, 1.82) is 0 Å². The van der Waals surface area contributed by atoms with Crippen LogP contribution in [0.15, 0.2) is 77.7 Å². The Kier molecular flexibility index (Phi) is 10.1. The molecule has 0 saturated carbocycles. The number of ether oxygens (including phenoxy) is 2. The molecule has 2 atom stereocenters. The van der Waals surface area contributed by atoms with Crippen LogP contribution in [0.5, 0.6) is 5.75 Å². The van der Waals surface area contributed by atoms with Crippen molar-refractivity contribution in [2.24, 2.45) is 5.73 Å². The Morgan fingerprint density at radius 3 is 2.31 bits per heavy atom. The van der Waals surface area contributed by atoms with Crippen molar-refractivity contribution in [1.82, 2.24) is 5.32 Å². The number of nitrogens with two attached hydrogens (primary N) is 1. The first-order valence-electron chi connectivity index (χ1n) is 12.7. The Morgan fingerprint density at radius 1 is 0.974 bits per heavy atom. The molecule has 0 saturated heterocycles. The van der Waals surface area contributed by atoms with Crippen LogP contribution in [0.3, 0.4) is 0 Å². The first-order valence-corrected chi connectivity index (χ1v) is 14.6. The molecule has 9 nitrogen and oxygen atoms in total. The SMILES string of the molecule is CCCC(Oc1cccc(C(N)NC(=O)OC(C)C)c1)C(=O)Nc1ccc(-c2ccccc2S(C)(=O)=O)cc1. The predicted molar refractivity (Wildman–Crippen MR) is 151 cm³/mol. The van der Waals surface area contributed by atoms with Gasteiger partial charge in [0.15, 0.2) is 15.9 Å². The molecule has 0 aromatic heterocycles. The quantitative estimate of drug-likeness (QED) is 0.283. The van der Waals surface area contributed by atoms with Gasteiger partial charge in [-0.25, -0.2) is 13.2 Å². The van der Waals surface area contributed by atoms with Crippen molar-refractivity contribution in [2.45, 2.75) is 56.9 Å². The molecule has 0 aliphatic heterocycles. The number of sulfone groups is 1. The lowest BCUT2D eigenvalue weighted by molar-refractivity contribution is -0.123. The molecule has 0 aliphatic rings. The van der Waals surface area contributed by atoms with Gasteiger partial charge < -0.3 is 25.8 Å². The fraction of sp³-hybridized carbons (Fsp3) is 0.310. The minimum absolute atomic E-state index is 0.243. The van der Waals surface area contributed by atoms with E-state index in [1.54, 1.807) is 86.6 Å². The second-order valence-electron chi connectivity index (χ2n) is 9.38. The molecule has 2 unspecified atom stereocenters. The van der Waals surface area contributed by atoms with Gasteiger partial charge in [0.2, 0.25) is 0 Å². The van der Waals surface area contributed by atoms with Crippen LogP contribution in [-0.2, 0) is 19.4 Å². The minimum atomic E-state index is -3.40. The fourth-order valence-corrected chi connectivity index (χ4v) is 4.81. The third-order valence-electron chi connectivity index (χ3n) is 5.70. The fourth-order valence-electron chi connectivity index (χ4n) is 3.89. The van der Waals surface area contributed by atoms with Gasteiger partial charge in [-0.15, -0.1) is 0 Å². The maximum absolute atomic E-state index is 13.1. The Balaban J connectivity index is 1.70. The number of rotatable bonds is 11. The lowest BCUT2D eigenvalue weighted by Gasteiger charge is -2.20. The summed E-state index contributed by atoms with van der Waals surface area (Å²) in [7, 11) is -3.40. The van der Waals surface area contributed by atoms with Crippen LogP contribution >= 0.6 is 0 Å². The molecular formula is C29H35N3O6S. The van der Waals surface area contributed by atoms with Crippen LogP contribution < -0.4 is 21.1 Å². The maximum atomic E-state index is 13.1. The number of hydrogen-bond donors (Lipinski definition) is 3. The highest BCUT2D eigenvalue weighted by molar-refractivity contribution is 7.90. The number of amides is 2. The van der Waals surface area contributed by atoms with E-state index in [1.165, 1.54) is 6.26 Å². The van der Waals surface area contributed by atoms with E-state index in [0.717, 1.165) is 5.56 Å². The molecule has 0 fully saturated rings. The van der Waals surface area contributed by atoms with E-state index in [1.807, 2.05) is 6.92 Å². The van der Waals surface area contributed by atoms with Crippen LogP contribution in [0.25, 0.3) is 11.1 Å². The predicted octanol–water partition coefficient (Wildman–Crippen LogP) is 5.04. The number of carbonyl (C=O) groups excluding carboxylic acids is 2. The molecule has 0 spiro atoms. The molecule has 39 heavy (non-hydrogen) atoms. The first kappa shape index (κ1) is 29.7. The average molecular weight is 554 g/mol. The molecule has 4 N–H and O–H groups in total. The molecule has 208 valence electrons. The highest BCUT2D eigenvalue weighted by Gasteiger charge is 2.21. The highest BCUT2D eigenvalue weighted by atomic mass is 32.2. The Morgan fingerprint density at radius 2 is 1.67 bits per heavy atom. The van der Waals surface area contributed by atoms with E-state index >= 15 is 0 Å². The number of alkyl carbamates (subject to hydrolysis) is 1. The van der Waals surface area contributed by atoms with Crippen LogP contribution in [0.4, 0.5) is 10.5 Å². The Labute approximate surface area is 229 Å². The summed E-state index contributed by atoms with van der Waals surface area (Å²) in [5, 5.41) is 5.44. The molecule has 10 heteroatoms. The summed E-state index contributed by atoms with van der Waals surface area (Å²) in [4.78, 5) is 25.2. The normalized spacial score (nSPS) is 12.9. The standard InChI is InChI=1S/C29H35N3O6S/c1-5-9-25(38-23-11-8-10-21(18-23)27(30)32-29(34)37-19(2)3)28(33)31-22-16-14-20(15-17-22)24-12-6-7-13-26(24)39(4,35)36/h6-8,10-19,25,27H,5,9,30H2,1-4H3,(H,31,33)(H,32,34). The molecule has 0 heterocycles. The van der Waals surface area contributed by atoms with E-state index in [-0.39, 0.29) is 16.9 Å². The topological polar surface area (TPSA) is 137 Å². The van der Waals surface area contributed by atoms with E-state index in [0.29, 0.717) is 35.4 Å². The van der Waals surface area contributed by atoms with Gasteiger partial charge in [0, 0.05) is 17.5 Å². The van der Waals surface area contributed by atoms with Crippen LogP contribution in [-0.4, -0.2) is 38.9 Å². The van der Waals surface area contributed by atoms with Gasteiger partial charge in [-0.1, -0.05) is 55.8 Å². The third-order valence-corrected chi connectivity index (χ3v) is 6.86. The Bertz CT molecular complexity index is 1390. The van der Waals surface area contributed by atoms with Crippen LogP contribution in [0, 0.1) is 0 Å². The largest absolute Gasteiger partial charge is 0.481 e. The molecule has 3 aromatic rings. The molecule has 3 aromatic carbocycles. The van der Waals surface area contributed by atoms with Gasteiger partial charge in [0.05, 0.1) is 11.0 Å². The van der Waals surface area contributed by atoms with Gasteiger partial charge in [-0.3, -0.25) is 4.79 Å². The maximum Gasteiger partial charge on any atom is 0.408 e. The summed E-state index contributed by atoms with van der Waals surface area (Å²) in [6.45, 7) is 5.43. The zero-order valence-corrected chi connectivity index (χ0v) is 23.3. The molecule has 0 aliphatic carbocycles. The summed E-state index contributed by atoms with van der Waals surface area (Å²) >= 11 is 0. The monoisotopic (exact) mass is 553 g/mol. The van der Waals surface area contributed by atoms with Crippen molar-refractivity contribution in [2.75, 3.05) is 11.6 Å². The van der Waals surface area contributed by atoms with Crippen LogP contribution in [0.1, 0.15) is 45.3 Å². The van der Waals surface area contributed by atoms with Crippen LogP contribution in [0.2, 0.25) is 0 Å². The lowest BCUT2D eigenvalue weighted by atomic mass is 10.1. The third kappa shape index (κ3) is 8.56. The van der Waals surface area contributed by atoms with Crippen molar-refractivity contribution >= 4 is 27.5 Å². The lowest BCUT2D eigenvalue weighted by Crippen LogP contribution is -2.36. The summed E-state index contributed by atoms with van der Waals surface area (Å²) < 4.78 is 35.4. The molecule has 0 radical (unpaired) electrons. The van der Waals surface area contributed by atoms with Crippen molar-refractivity contribution < 1.29 is 27.5 Å². The molecule has 0 bridgehead atoms. The highest BCUT2D eigenvalue weighted by Crippen LogP contribution is 2.28. The average Bonchev–Trinajstić information content (AvgIpc) is 2.88. The number of hydrogen-bond acceptors (Lipinski definition) is 7. The van der Waals surface area contributed by atoms with Crippen molar-refractivity contribution in [3.8, 4) is 16.9 Å². The number of anilines is 1. The second-order valence-corrected chi connectivity index (χ2v) is 11.4. The van der Waals surface area contributed by atoms with Crippen molar-refractivity contribution in [3.05, 3.63) is 78.4 Å². The minimum Gasteiger partial charge on any atom is -0.481 e. The number of carbonyl (C=O) groups is 2. The number of benzene rings is 3. The summed E-state index contributed by atoms with van der Waals surface area (Å²) in [6, 6.07) is 20.6. The van der Waals surface area contributed by atoms with Crippen molar-refractivity contribution in [3.63, 3.8) is 0 Å². The van der Waals surface area contributed by atoms with E-state index in [4.69, 9.17) is 15.2 Å². The van der Waals surface area contributed by atoms with Gasteiger partial charge in [-0.2, -0.15) is 0 Å². The van der Waals surface area contributed by atoms with E-state index < -0.39 is 28.2 Å². The Hall–Kier alpha value is -3.89. The molecular weight excluding hydrogens is 518 g/mol. The first-order chi connectivity index (χ1) is 18.5. The van der Waals surface area contributed by atoms with Gasteiger partial charge >= 0.3 is 6.09 Å². The number of nitrogens with one attached hydrogen (secondary N) is 2. The van der Waals surface area contributed by atoms with Gasteiger partial charge in [-0.05, 0) is 61.7 Å². The smallest absolute Gasteiger partial charge is 0.408 e. The van der Waals surface area contributed by atoms with E-state index in [9.17, 15) is 18.0 Å².